The molecule has 48 heavy (non-hydrogen) atoms. The highest BCUT2D eigenvalue weighted by Crippen LogP contribution is 2.33. The van der Waals surface area contributed by atoms with Gasteiger partial charge in [-0.15, -0.1) is 0 Å². The number of carboxylic acids is 1. The van der Waals surface area contributed by atoms with Gasteiger partial charge in [-0.25, -0.2) is 22.9 Å². The Kier molecular flexibility index (Phi) is 8.37. The second-order valence-corrected chi connectivity index (χ2v) is 11.2. The van der Waals surface area contributed by atoms with Gasteiger partial charge in [0.1, 0.15) is 40.7 Å². The van der Waals surface area contributed by atoms with Gasteiger partial charge in [0.2, 0.25) is 0 Å². The summed E-state index contributed by atoms with van der Waals surface area (Å²) in [6, 6.07) is 5.76. The van der Waals surface area contributed by atoms with Crippen LogP contribution in [0, 0.1) is 17.5 Å². The van der Waals surface area contributed by atoms with E-state index >= 15 is 8.78 Å². The molecule has 2 atom stereocenters. The van der Waals surface area contributed by atoms with Crippen LogP contribution in [0.5, 0.6) is 0 Å². The van der Waals surface area contributed by atoms with Crippen LogP contribution < -0.4 is 15.8 Å². The van der Waals surface area contributed by atoms with E-state index in [2.05, 4.69) is 10.3 Å². The van der Waals surface area contributed by atoms with Crippen LogP contribution in [-0.4, -0.2) is 69.0 Å². The van der Waals surface area contributed by atoms with E-state index in [9.17, 15) is 37.1 Å². The largest absolute Gasteiger partial charge is 0.480 e. The first-order valence-corrected chi connectivity index (χ1v) is 14.4. The van der Waals surface area contributed by atoms with Crippen LogP contribution in [-0.2, 0) is 23.0 Å². The van der Waals surface area contributed by atoms with Crippen molar-refractivity contribution in [3.05, 3.63) is 100.0 Å². The van der Waals surface area contributed by atoms with Gasteiger partial charge in [-0.05, 0) is 48.5 Å². The molecule has 2 aromatic carbocycles. The van der Waals surface area contributed by atoms with E-state index in [4.69, 9.17) is 4.74 Å². The van der Waals surface area contributed by atoms with Gasteiger partial charge in [-0.3, -0.25) is 9.59 Å². The Bertz CT molecular complexity index is 2120. The molecule has 1 aliphatic rings. The number of aromatic nitrogens is 3. The first-order chi connectivity index (χ1) is 22.7. The first-order valence-electron chi connectivity index (χ1n) is 14.4. The Morgan fingerprint density at radius 3 is 2.48 bits per heavy atom. The van der Waals surface area contributed by atoms with Crippen molar-refractivity contribution in [1.82, 2.24) is 19.3 Å². The van der Waals surface area contributed by atoms with E-state index in [1.54, 1.807) is 0 Å². The fourth-order valence-electron chi connectivity index (χ4n) is 5.86. The lowest BCUT2D eigenvalue weighted by Crippen LogP contribution is -2.53. The molecule has 6 rings (SSSR count). The van der Waals surface area contributed by atoms with E-state index in [-0.39, 0.29) is 30.1 Å². The van der Waals surface area contributed by atoms with Gasteiger partial charge in [0.25, 0.3) is 11.5 Å². The Balaban J connectivity index is 1.28. The van der Waals surface area contributed by atoms with E-state index in [0.29, 0.717) is 28.6 Å². The van der Waals surface area contributed by atoms with Crippen LogP contribution >= 0.6 is 0 Å². The van der Waals surface area contributed by atoms with Crippen LogP contribution in [0.25, 0.3) is 27.7 Å². The third-order valence-electron chi connectivity index (χ3n) is 8.22. The molecule has 1 fully saturated rings. The minimum Gasteiger partial charge on any atom is -0.480 e. The minimum atomic E-state index is -4.76. The molecule has 1 unspecified atom stereocenters. The van der Waals surface area contributed by atoms with Gasteiger partial charge in [-0.1, -0.05) is 0 Å². The number of carboxylic acid groups (broad SMARTS) is 1. The molecule has 0 radical (unpaired) electrons. The number of imidazole rings is 1. The van der Waals surface area contributed by atoms with Gasteiger partial charge >= 0.3 is 12.1 Å². The van der Waals surface area contributed by atoms with Crippen molar-refractivity contribution in [2.45, 2.75) is 24.7 Å². The van der Waals surface area contributed by atoms with Gasteiger partial charge in [-0.2, -0.15) is 13.2 Å². The fourth-order valence-corrected chi connectivity index (χ4v) is 5.86. The highest BCUT2D eigenvalue weighted by atomic mass is 19.4. The zero-order chi connectivity index (χ0) is 34.5. The molecule has 1 aliphatic heterocycles. The van der Waals surface area contributed by atoms with Crippen LogP contribution in [0.3, 0.4) is 0 Å². The second-order valence-electron chi connectivity index (χ2n) is 11.2. The first kappa shape index (κ1) is 32.6. The van der Waals surface area contributed by atoms with Crippen molar-refractivity contribution < 1.29 is 45.8 Å². The number of ether oxygens (including phenoxy) is 1. The summed E-state index contributed by atoms with van der Waals surface area (Å²) in [4.78, 5) is 43.5. The molecule has 0 bridgehead atoms. The summed E-state index contributed by atoms with van der Waals surface area (Å²) >= 11 is 0. The van der Waals surface area contributed by atoms with E-state index in [1.165, 1.54) is 64.8 Å². The maximum Gasteiger partial charge on any atom is 0.411 e. The molecule has 4 heterocycles. The number of nitrogens with zero attached hydrogens (tertiary/aromatic N) is 4. The summed E-state index contributed by atoms with van der Waals surface area (Å²) in [6.07, 6.45) is -2.29. The van der Waals surface area contributed by atoms with Crippen molar-refractivity contribution in [3.63, 3.8) is 0 Å². The third kappa shape index (κ3) is 5.94. The van der Waals surface area contributed by atoms with Gasteiger partial charge < -0.3 is 29.0 Å². The predicted molar refractivity (Wildman–Crippen MR) is 160 cm³/mol. The Morgan fingerprint density at radius 2 is 1.79 bits per heavy atom. The van der Waals surface area contributed by atoms with Crippen molar-refractivity contribution in [2.24, 2.45) is 7.05 Å². The number of alkyl halides is 3. The summed E-state index contributed by atoms with van der Waals surface area (Å²) in [6.45, 7) is -1.19. The lowest BCUT2D eigenvalue weighted by molar-refractivity contribution is -0.167. The predicted octanol–water partition coefficient (Wildman–Crippen LogP) is 4.46. The number of fused-ring (bicyclic) bond motifs is 2. The van der Waals surface area contributed by atoms with Crippen LogP contribution in [0.15, 0.2) is 65.7 Å². The standard InChI is InChI=1S/C32H25F6N5O5/c1-41-25-5-2-17(33)10-16(25)11-21(30(41)45)20-4-3-18(43-7-6-39-28(20)43)14-24(31(46)47)40-29(44)27-22(34)12-19(13-23(27)35)42-8-9-48-15-26(42)32(36,37)38/h2-7,10-13,24,26H,8-9,14-15H2,1H3,(H,40,44)(H,46,47)/t24?,26-/m1/s1. The number of benzene rings is 2. The van der Waals surface area contributed by atoms with Crippen LogP contribution in [0.4, 0.5) is 32.0 Å². The summed E-state index contributed by atoms with van der Waals surface area (Å²) in [5.41, 5.74) is -0.480. The number of aliphatic carboxylic acids is 1. The molecule has 1 saturated heterocycles. The van der Waals surface area contributed by atoms with E-state index in [0.717, 1.165) is 4.90 Å². The molecular formula is C32H25F6N5O5. The highest BCUT2D eigenvalue weighted by Gasteiger charge is 2.46. The van der Waals surface area contributed by atoms with Gasteiger partial charge in [0.15, 0.2) is 0 Å². The molecule has 0 spiro atoms. The number of pyridine rings is 2. The summed E-state index contributed by atoms with van der Waals surface area (Å²) in [5.74, 6) is -6.47. The Labute approximate surface area is 266 Å². The maximum atomic E-state index is 15.1. The van der Waals surface area contributed by atoms with E-state index in [1.807, 2.05) is 0 Å². The zero-order valence-electron chi connectivity index (χ0n) is 24.9. The molecule has 2 N–H and O–H groups in total. The number of anilines is 1. The molecule has 10 nitrogen and oxygen atoms in total. The number of rotatable bonds is 7. The third-order valence-corrected chi connectivity index (χ3v) is 8.22. The Morgan fingerprint density at radius 1 is 1.06 bits per heavy atom. The van der Waals surface area contributed by atoms with E-state index < -0.39 is 77.4 Å². The highest BCUT2D eigenvalue weighted by molar-refractivity contribution is 5.97. The number of halogens is 6. The smallest absolute Gasteiger partial charge is 0.411 e. The molecular weight excluding hydrogens is 648 g/mol. The number of hydrogen-bond acceptors (Lipinski definition) is 6. The van der Waals surface area contributed by atoms with Gasteiger partial charge in [0.05, 0.1) is 24.3 Å². The number of amides is 1. The van der Waals surface area contributed by atoms with Crippen molar-refractivity contribution in [1.29, 1.82) is 0 Å². The monoisotopic (exact) mass is 673 g/mol. The quantitative estimate of drug-likeness (QED) is 0.245. The lowest BCUT2D eigenvalue weighted by Gasteiger charge is -2.38. The average Bonchev–Trinajstić information content (AvgIpc) is 3.52. The summed E-state index contributed by atoms with van der Waals surface area (Å²) < 4.78 is 92.5. The topological polar surface area (TPSA) is 118 Å². The number of aryl methyl sites for hydroxylation is 1. The molecule has 0 aliphatic carbocycles. The lowest BCUT2D eigenvalue weighted by atomic mass is 10.0. The van der Waals surface area contributed by atoms with Crippen molar-refractivity contribution >= 4 is 34.1 Å². The number of hydrogen-bond donors (Lipinski definition) is 2. The zero-order valence-corrected chi connectivity index (χ0v) is 24.9. The molecule has 1 amide bonds. The number of morpholine rings is 1. The summed E-state index contributed by atoms with van der Waals surface area (Å²) in [5, 5.41) is 12.4. The molecule has 16 heteroatoms. The fraction of sp³-hybridized carbons (Fsp3) is 0.250. The molecule has 5 aromatic rings. The van der Waals surface area contributed by atoms with Crippen molar-refractivity contribution in [3.8, 4) is 11.1 Å². The second kappa shape index (κ2) is 12.3. The molecule has 3 aromatic heterocycles. The van der Waals surface area contributed by atoms with Crippen LogP contribution in [0.2, 0.25) is 0 Å². The minimum absolute atomic E-state index is 0.123. The normalized spacial score (nSPS) is 16.0. The summed E-state index contributed by atoms with van der Waals surface area (Å²) in [7, 11) is 1.53. The van der Waals surface area contributed by atoms with Gasteiger partial charge in [0, 0.05) is 54.7 Å². The maximum absolute atomic E-state index is 15.1. The average molecular weight is 674 g/mol. The SMILES string of the molecule is Cn1c(=O)c(-c2ccc(CC(NC(=O)c3c(F)cc(N4CCOC[C@@H]4C(F)(F)F)cc3F)C(=O)O)n3ccnc23)cc2cc(F)ccc21. The van der Waals surface area contributed by atoms with Crippen LogP contribution in [0.1, 0.15) is 16.1 Å². The molecule has 0 saturated carbocycles. The van der Waals surface area contributed by atoms with Crippen molar-refractivity contribution in [2.75, 3.05) is 24.7 Å². The number of carbonyl (C=O) groups excluding carboxylic acids is 1. The Hall–Kier alpha value is -5.38. The molecule has 250 valence electrons. The number of carbonyl (C=O) groups is 2. The number of nitrogens with one attached hydrogen (secondary N) is 1.